The summed E-state index contributed by atoms with van der Waals surface area (Å²) in [4.78, 5) is 16.5. The molecule has 2 heterocycles. The standard InChI is InChI=1S/C19H25NO7/c1-13(15-6-7-16-17(9-15)24-12-23-16)20-27-8-4-3-5-14-10-25-19(2,18(21)22)26-11-14/h6-7,9,14,20H,1,3-5,8,10-12H2,2H3,(H,21,22). The third kappa shape index (κ3) is 4.91. The van der Waals surface area contributed by atoms with Crippen molar-refractivity contribution in [1.82, 2.24) is 5.48 Å². The topological polar surface area (TPSA) is 95.5 Å². The molecule has 3 rings (SSSR count). The molecule has 0 bridgehead atoms. The van der Waals surface area contributed by atoms with Crippen LogP contribution in [0.1, 0.15) is 31.7 Å². The number of carboxylic acid groups (broad SMARTS) is 1. The third-order valence-electron chi connectivity index (χ3n) is 4.60. The van der Waals surface area contributed by atoms with Crippen LogP contribution in [-0.2, 0) is 19.1 Å². The van der Waals surface area contributed by atoms with Gasteiger partial charge in [0, 0.05) is 18.4 Å². The first kappa shape index (κ1) is 19.5. The van der Waals surface area contributed by atoms with E-state index in [0.29, 0.717) is 31.3 Å². The van der Waals surface area contributed by atoms with Crippen molar-refractivity contribution in [1.29, 1.82) is 0 Å². The summed E-state index contributed by atoms with van der Waals surface area (Å²) in [5.41, 5.74) is 4.37. The van der Waals surface area contributed by atoms with E-state index in [-0.39, 0.29) is 12.7 Å². The van der Waals surface area contributed by atoms with Crippen LogP contribution in [-0.4, -0.2) is 43.5 Å². The molecule has 0 radical (unpaired) electrons. The van der Waals surface area contributed by atoms with Gasteiger partial charge in [-0.3, -0.25) is 10.3 Å². The quantitative estimate of drug-likeness (QED) is 0.499. The van der Waals surface area contributed by atoms with E-state index in [1.54, 1.807) is 0 Å². The number of hydrogen-bond acceptors (Lipinski definition) is 7. The molecule has 0 unspecified atom stereocenters. The molecule has 1 aromatic rings. The molecule has 2 aliphatic rings. The molecule has 0 aliphatic carbocycles. The molecule has 8 nitrogen and oxygen atoms in total. The zero-order valence-electron chi connectivity index (χ0n) is 15.4. The molecule has 1 fully saturated rings. The number of aliphatic carboxylic acids is 1. The Bertz CT molecular complexity index is 683. The highest BCUT2D eigenvalue weighted by Crippen LogP contribution is 2.33. The Hall–Kier alpha value is -2.29. The minimum atomic E-state index is -1.52. The molecule has 2 N–H and O–H groups in total. The second-order valence-corrected chi connectivity index (χ2v) is 6.73. The molecule has 8 heteroatoms. The number of ether oxygens (including phenoxy) is 4. The van der Waals surface area contributed by atoms with Gasteiger partial charge in [-0.05, 0) is 31.0 Å². The van der Waals surface area contributed by atoms with Crippen molar-refractivity contribution in [3.8, 4) is 11.5 Å². The summed E-state index contributed by atoms with van der Waals surface area (Å²) >= 11 is 0. The lowest BCUT2D eigenvalue weighted by Gasteiger charge is -2.34. The zero-order valence-corrected chi connectivity index (χ0v) is 15.4. The lowest BCUT2D eigenvalue weighted by atomic mass is 10.0. The molecular formula is C19H25NO7. The van der Waals surface area contributed by atoms with Crippen LogP contribution < -0.4 is 15.0 Å². The predicted molar refractivity (Wildman–Crippen MR) is 96.0 cm³/mol. The number of benzene rings is 1. The van der Waals surface area contributed by atoms with Crippen LogP contribution in [0.15, 0.2) is 24.8 Å². The van der Waals surface area contributed by atoms with Crippen molar-refractivity contribution in [2.45, 2.75) is 32.0 Å². The van der Waals surface area contributed by atoms with Crippen LogP contribution >= 0.6 is 0 Å². The Labute approximate surface area is 158 Å². The molecular weight excluding hydrogens is 354 g/mol. The molecule has 1 aromatic carbocycles. The van der Waals surface area contributed by atoms with E-state index in [1.807, 2.05) is 18.2 Å². The van der Waals surface area contributed by atoms with Crippen LogP contribution in [0.3, 0.4) is 0 Å². The van der Waals surface area contributed by atoms with Gasteiger partial charge in [-0.1, -0.05) is 13.0 Å². The average molecular weight is 379 g/mol. The first-order chi connectivity index (χ1) is 13.0. The number of nitrogens with one attached hydrogen (secondary N) is 1. The largest absolute Gasteiger partial charge is 0.477 e. The van der Waals surface area contributed by atoms with E-state index in [1.165, 1.54) is 6.92 Å². The summed E-state index contributed by atoms with van der Waals surface area (Å²) in [6.45, 7) is 6.94. The van der Waals surface area contributed by atoms with E-state index in [9.17, 15) is 4.79 Å². The van der Waals surface area contributed by atoms with Gasteiger partial charge >= 0.3 is 5.97 Å². The normalized spacial score (nSPS) is 23.8. The Morgan fingerprint density at radius 1 is 1.30 bits per heavy atom. The van der Waals surface area contributed by atoms with Gasteiger partial charge in [0.15, 0.2) is 11.5 Å². The summed E-state index contributed by atoms with van der Waals surface area (Å²) in [6, 6.07) is 5.59. The van der Waals surface area contributed by atoms with Crippen molar-refractivity contribution in [2.24, 2.45) is 5.92 Å². The van der Waals surface area contributed by atoms with E-state index < -0.39 is 11.8 Å². The van der Waals surface area contributed by atoms with Crippen molar-refractivity contribution in [2.75, 3.05) is 26.6 Å². The van der Waals surface area contributed by atoms with Gasteiger partial charge in [-0.15, -0.1) is 0 Å². The van der Waals surface area contributed by atoms with Gasteiger partial charge in [-0.25, -0.2) is 4.79 Å². The molecule has 0 atom stereocenters. The van der Waals surface area contributed by atoms with E-state index in [2.05, 4.69) is 12.1 Å². The highest BCUT2D eigenvalue weighted by molar-refractivity contribution is 5.75. The number of hydroxylamine groups is 1. The number of carboxylic acids is 1. The van der Waals surface area contributed by atoms with E-state index >= 15 is 0 Å². The number of hydrogen-bond donors (Lipinski definition) is 2. The lowest BCUT2D eigenvalue weighted by Crippen LogP contribution is -2.47. The number of fused-ring (bicyclic) bond motifs is 1. The maximum Gasteiger partial charge on any atom is 0.364 e. The number of unbranched alkanes of at least 4 members (excludes halogenated alkanes) is 1. The predicted octanol–water partition coefficient (Wildman–Crippen LogP) is 2.54. The van der Waals surface area contributed by atoms with Crippen LogP contribution in [0.25, 0.3) is 5.70 Å². The van der Waals surface area contributed by atoms with Gasteiger partial charge in [0.25, 0.3) is 5.79 Å². The summed E-state index contributed by atoms with van der Waals surface area (Å²) in [5, 5.41) is 9.04. The summed E-state index contributed by atoms with van der Waals surface area (Å²) in [5.74, 6) is -0.978. The minimum Gasteiger partial charge on any atom is -0.477 e. The molecule has 0 saturated carbocycles. The van der Waals surface area contributed by atoms with Gasteiger partial charge in [0.2, 0.25) is 6.79 Å². The highest BCUT2D eigenvalue weighted by Gasteiger charge is 2.40. The molecule has 148 valence electrons. The maximum absolute atomic E-state index is 11.0. The Balaban J connectivity index is 1.28. The van der Waals surface area contributed by atoms with Crippen molar-refractivity contribution >= 4 is 11.7 Å². The lowest BCUT2D eigenvalue weighted by molar-refractivity contribution is -0.271. The molecule has 0 amide bonds. The minimum absolute atomic E-state index is 0.203. The second-order valence-electron chi connectivity index (χ2n) is 6.73. The van der Waals surface area contributed by atoms with E-state index in [0.717, 1.165) is 30.6 Å². The third-order valence-corrected chi connectivity index (χ3v) is 4.60. The first-order valence-corrected chi connectivity index (χ1v) is 8.96. The number of carbonyl (C=O) groups is 1. The molecule has 0 spiro atoms. The summed E-state index contributed by atoms with van der Waals surface area (Å²) < 4.78 is 21.3. The monoisotopic (exact) mass is 379 g/mol. The molecule has 0 aromatic heterocycles. The Kier molecular flexibility index (Phi) is 6.20. The average Bonchev–Trinajstić information content (AvgIpc) is 3.13. The highest BCUT2D eigenvalue weighted by atomic mass is 16.7. The molecule has 27 heavy (non-hydrogen) atoms. The fourth-order valence-corrected chi connectivity index (χ4v) is 2.82. The van der Waals surface area contributed by atoms with Crippen molar-refractivity contribution in [3.63, 3.8) is 0 Å². The fraction of sp³-hybridized carbons (Fsp3) is 0.526. The van der Waals surface area contributed by atoms with Gasteiger partial charge in [0.05, 0.1) is 25.5 Å². The van der Waals surface area contributed by atoms with Crippen LogP contribution in [0.2, 0.25) is 0 Å². The van der Waals surface area contributed by atoms with Gasteiger partial charge in [-0.2, -0.15) is 0 Å². The smallest absolute Gasteiger partial charge is 0.364 e. The second kappa shape index (κ2) is 8.60. The van der Waals surface area contributed by atoms with Gasteiger partial charge < -0.3 is 24.1 Å². The molecule has 2 aliphatic heterocycles. The van der Waals surface area contributed by atoms with Crippen LogP contribution in [0.5, 0.6) is 11.5 Å². The fourth-order valence-electron chi connectivity index (χ4n) is 2.82. The Morgan fingerprint density at radius 3 is 2.78 bits per heavy atom. The number of rotatable bonds is 9. The van der Waals surface area contributed by atoms with Crippen LogP contribution in [0, 0.1) is 5.92 Å². The summed E-state index contributed by atoms with van der Waals surface area (Å²) in [6.07, 6.45) is 2.68. The van der Waals surface area contributed by atoms with Crippen molar-refractivity contribution < 1.29 is 33.7 Å². The maximum atomic E-state index is 11.0. The van der Waals surface area contributed by atoms with E-state index in [4.69, 9.17) is 28.9 Å². The van der Waals surface area contributed by atoms with Crippen molar-refractivity contribution in [3.05, 3.63) is 30.3 Å². The van der Waals surface area contributed by atoms with Crippen LogP contribution in [0.4, 0.5) is 0 Å². The van der Waals surface area contributed by atoms with Gasteiger partial charge in [0.1, 0.15) is 0 Å². The zero-order chi connectivity index (χ0) is 19.3. The summed E-state index contributed by atoms with van der Waals surface area (Å²) in [7, 11) is 0. The molecule has 1 saturated heterocycles. The first-order valence-electron chi connectivity index (χ1n) is 8.96. The Morgan fingerprint density at radius 2 is 2.04 bits per heavy atom. The SMILES string of the molecule is C=C(NOCCCCC1COC(C)(C(=O)O)OC1)c1ccc2c(c1)OCO2.